The standard InChI is InChI=1S/C12H16N4S/c1-7-4-5-10(13)11(15-7)16-9(3)12-14-6-8(2)17-12/h4-6,9H,13H2,1-3H3,(H,15,16). The van der Waals surface area contributed by atoms with E-state index in [1.807, 2.05) is 32.2 Å². The highest BCUT2D eigenvalue weighted by molar-refractivity contribution is 7.11. The molecule has 0 spiro atoms. The number of nitrogens with two attached hydrogens (primary N) is 1. The van der Waals surface area contributed by atoms with Gasteiger partial charge in [0.1, 0.15) is 10.8 Å². The quantitative estimate of drug-likeness (QED) is 0.876. The Hall–Kier alpha value is -1.62. The molecule has 17 heavy (non-hydrogen) atoms. The summed E-state index contributed by atoms with van der Waals surface area (Å²) in [7, 11) is 0. The normalized spacial score (nSPS) is 12.4. The minimum atomic E-state index is 0.116. The summed E-state index contributed by atoms with van der Waals surface area (Å²) in [5.41, 5.74) is 7.49. The highest BCUT2D eigenvalue weighted by Gasteiger charge is 2.11. The first-order valence-electron chi connectivity index (χ1n) is 5.48. The van der Waals surface area contributed by atoms with E-state index in [0.29, 0.717) is 5.69 Å². The summed E-state index contributed by atoms with van der Waals surface area (Å²) < 4.78 is 0. The van der Waals surface area contributed by atoms with Crippen molar-refractivity contribution >= 4 is 22.8 Å². The lowest BCUT2D eigenvalue weighted by molar-refractivity contribution is 0.860. The Bertz CT molecular complexity index is 521. The zero-order valence-corrected chi connectivity index (χ0v) is 11.0. The minimum Gasteiger partial charge on any atom is -0.396 e. The van der Waals surface area contributed by atoms with Gasteiger partial charge in [0.15, 0.2) is 0 Å². The van der Waals surface area contributed by atoms with Crippen molar-refractivity contribution in [2.45, 2.75) is 26.8 Å². The maximum Gasteiger partial charge on any atom is 0.150 e. The molecule has 2 rings (SSSR count). The Morgan fingerprint density at radius 2 is 2.12 bits per heavy atom. The van der Waals surface area contributed by atoms with Crippen LogP contribution in [0, 0.1) is 13.8 Å². The van der Waals surface area contributed by atoms with Crippen LogP contribution in [-0.4, -0.2) is 9.97 Å². The zero-order chi connectivity index (χ0) is 12.4. The number of hydrogen-bond donors (Lipinski definition) is 2. The maximum absolute atomic E-state index is 5.88. The summed E-state index contributed by atoms with van der Waals surface area (Å²) in [6, 6.07) is 3.88. The second-order valence-electron chi connectivity index (χ2n) is 4.07. The molecule has 1 atom stereocenters. The Morgan fingerprint density at radius 1 is 1.35 bits per heavy atom. The molecule has 0 fully saturated rings. The molecule has 2 aromatic heterocycles. The number of aryl methyl sites for hydroxylation is 2. The molecule has 2 heterocycles. The van der Waals surface area contributed by atoms with E-state index in [1.54, 1.807) is 11.3 Å². The summed E-state index contributed by atoms with van der Waals surface area (Å²) in [6.45, 7) is 6.05. The van der Waals surface area contributed by atoms with Crippen LogP contribution in [0.4, 0.5) is 11.5 Å². The molecule has 0 amide bonds. The van der Waals surface area contributed by atoms with Crippen LogP contribution in [0.15, 0.2) is 18.3 Å². The first-order chi connectivity index (χ1) is 8.06. The van der Waals surface area contributed by atoms with Gasteiger partial charge in [0.25, 0.3) is 0 Å². The van der Waals surface area contributed by atoms with Gasteiger partial charge in [0, 0.05) is 16.8 Å². The molecule has 0 saturated carbocycles. The number of nitrogens with zero attached hydrogens (tertiary/aromatic N) is 2. The third-order valence-corrected chi connectivity index (χ3v) is 3.52. The number of nitrogen functional groups attached to an aromatic ring is 1. The highest BCUT2D eigenvalue weighted by atomic mass is 32.1. The SMILES string of the molecule is Cc1ccc(N)c(NC(C)c2ncc(C)s2)n1. The summed E-state index contributed by atoms with van der Waals surface area (Å²) >= 11 is 1.68. The van der Waals surface area contributed by atoms with Gasteiger partial charge in [-0.05, 0) is 32.9 Å². The van der Waals surface area contributed by atoms with Crippen molar-refractivity contribution in [1.29, 1.82) is 0 Å². The second-order valence-corrected chi connectivity index (χ2v) is 5.33. The Morgan fingerprint density at radius 3 is 2.76 bits per heavy atom. The number of thiazole rings is 1. The van der Waals surface area contributed by atoms with E-state index >= 15 is 0 Å². The smallest absolute Gasteiger partial charge is 0.150 e. The predicted molar refractivity (Wildman–Crippen MR) is 72.3 cm³/mol. The predicted octanol–water partition coefficient (Wildman–Crippen LogP) is 2.91. The van der Waals surface area contributed by atoms with E-state index < -0.39 is 0 Å². The van der Waals surface area contributed by atoms with Crippen LogP contribution in [0.25, 0.3) is 0 Å². The van der Waals surface area contributed by atoms with Crippen LogP contribution in [0.1, 0.15) is 28.5 Å². The van der Waals surface area contributed by atoms with Crippen molar-refractivity contribution in [3.63, 3.8) is 0 Å². The highest BCUT2D eigenvalue weighted by Crippen LogP contribution is 2.25. The molecule has 90 valence electrons. The minimum absolute atomic E-state index is 0.116. The lowest BCUT2D eigenvalue weighted by Crippen LogP contribution is -2.10. The third kappa shape index (κ3) is 2.74. The van der Waals surface area contributed by atoms with E-state index in [0.717, 1.165) is 16.5 Å². The van der Waals surface area contributed by atoms with Gasteiger partial charge in [-0.1, -0.05) is 0 Å². The fraction of sp³-hybridized carbons (Fsp3) is 0.333. The lowest BCUT2D eigenvalue weighted by Gasteiger charge is -2.14. The van der Waals surface area contributed by atoms with Gasteiger partial charge in [0.05, 0.1) is 11.7 Å². The molecule has 0 radical (unpaired) electrons. The average molecular weight is 248 g/mol. The molecule has 4 nitrogen and oxygen atoms in total. The molecule has 5 heteroatoms. The number of rotatable bonds is 3. The van der Waals surface area contributed by atoms with Crippen molar-refractivity contribution < 1.29 is 0 Å². The van der Waals surface area contributed by atoms with Gasteiger partial charge in [-0.15, -0.1) is 11.3 Å². The number of anilines is 2. The lowest BCUT2D eigenvalue weighted by atomic mass is 10.3. The molecule has 1 unspecified atom stereocenters. The fourth-order valence-corrected chi connectivity index (χ4v) is 2.30. The van der Waals surface area contributed by atoms with Crippen LogP contribution in [-0.2, 0) is 0 Å². The summed E-state index contributed by atoms with van der Waals surface area (Å²) in [5, 5.41) is 4.34. The summed E-state index contributed by atoms with van der Waals surface area (Å²) in [6.07, 6.45) is 1.88. The Balaban J connectivity index is 2.18. The Kier molecular flexibility index (Phi) is 3.28. The zero-order valence-electron chi connectivity index (χ0n) is 10.2. The molecule has 2 aromatic rings. The summed E-state index contributed by atoms with van der Waals surface area (Å²) in [5.74, 6) is 0.727. The molecule has 0 bridgehead atoms. The van der Waals surface area contributed by atoms with Crippen molar-refractivity contribution in [2.24, 2.45) is 0 Å². The fourth-order valence-electron chi connectivity index (χ4n) is 1.52. The number of aromatic nitrogens is 2. The van der Waals surface area contributed by atoms with Crippen LogP contribution >= 0.6 is 11.3 Å². The van der Waals surface area contributed by atoms with E-state index in [1.165, 1.54) is 4.88 Å². The number of nitrogens with one attached hydrogen (secondary N) is 1. The topological polar surface area (TPSA) is 63.8 Å². The summed E-state index contributed by atoms with van der Waals surface area (Å²) in [4.78, 5) is 9.94. The third-order valence-electron chi connectivity index (χ3n) is 2.43. The van der Waals surface area contributed by atoms with Gasteiger partial charge in [-0.25, -0.2) is 9.97 Å². The van der Waals surface area contributed by atoms with Crippen molar-refractivity contribution in [3.8, 4) is 0 Å². The van der Waals surface area contributed by atoms with E-state index in [9.17, 15) is 0 Å². The van der Waals surface area contributed by atoms with E-state index in [-0.39, 0.29) is 6.04 Å². The van der Waals surface area contributed by atoms with Crippen molar-refractivity contribution in [2.75, 3.05) is 11.1 Å². The van der Waals surface area contributed by atoms with Crippen molar-refractivity contribution in [3.05, 3.63) is 33.9 Å². The van der Waals surface area contributed by atoms with Crippen LogP contribution in [0.2, 0.25) is 0 Å². The monoisotopic (exact) mass is 248 g/mol. The van der Waals surface area contributed by atoms with Gasteiger partial charge in [-0.2, -0.15) is 0 Å². The van der Waals surface area contributed by atoms with Crippen LogP contribution < -0.4 is 11.1 Å². The molecule has 0 aliphatic heterocycles. The van der Waals surface area contributed by atoms with Gasteiger partial charge in [0.2, 0.25) is 0 Å². The first kappa shape index (κ1) is 11.9. The molecule has 0 saturated heterocycles. The molecule has 3 N–H and O–H groups in total. The largest absolute Gasteiger partial charge is 0.396 e. The molecular weight excluding hydrogens is 232 g/mol. The second kappa shape index (κ2) is 4.71. The van der Waals surface area contributed by atoms with Gasteiger partial charge >= 0.3 is 0 Å². The number of hydrogen-bond acceptors (Lipinski definition) is 5. The maximum atomic E-state index is 5.88. The average Bonchev–Trinajstić information content (AvgIpc) is 2.70. The molecular formula is C12H16N4S. The van der Waals surface area contributed by atoms with E-state index in [4.69, 9.17) is 5.73 Å². The van der Waals surface area contributed by atoms with E-state index in [2.05, 4.69) is 22.2 Å². The van der Waals surface area contributed by atoms with Crippen LogP contribution in [0.3, 0.4) is 0 Å². The van der Waals surface area contributed by atoms with Gasteiger partial charge < -0.3 is 11.1 Å². The molecule has 0 aliphatic carbocycles. The first-order valence-corrected chi connectivity index (χ1v) is 6.30. The van der Waals surface area contributed by atoms with Crippen LogP contribution in [0.5, 0.6) is 0 Å². The van der Waals surface area contributed by atoms with Gasteiger partial charge in [-0.3, -0.25) is 0 Å². The molecule has 0 aromatic carbocycles. The Labute approximate surface area is 105 Å². The molecule has 0 aliphatic rings. The number of pyridine rings is 1. The van der Waals surface area contributed by atoms with Crippen molar-refractivity contribution in [1.82, 2.24) is 9.97 Å².